The van der Waals surface area contributed by atoms with Crippen LogP contribution in [0.25, 0.3) is 0 Å². The van der Waals surface area contributed by atoms with E-state index in [1.807, 2.05) is 0 Å². The Morgan fingerprint density at radius 3 is 2.58 bits per heavy atom. The molecule has 0 aromatic heterocycles. The normalized spacial score (nSPS) is 33.4. The highest BCUT2D eigenvalue weighted by atomic mass is 32.2. The average molecular weight is 190 g/mol. The maximum Gasteiger partial charge on any atom is 0.153 e. The van der Waals surface area contributed by atoms with Crippen LogP contribution in [0.1, 0.15) is 26.2 Å². The summed E-state index contributed by atoms with van der Waals surface area (Å²) in [5.74, 6) is 0.498. The lowest BCUT2D eigenvalue weighted by Crippen LogP contribution is -2.10. The van der Waals surface area contributed by atoms with Gasteiger partial charge in [-0.05, 0) is 25.7 Å². The third-order valence-electron chi connectivity index (χ3n) is 2.44. The molecule has 2 atom stereocenters. The molecule has 0 amide bonds. The molecule has 3 nitrogen and oxygen atoms in total. The van der Waals surface area contributed by atoms with Crippen molar-refractivity contribution < 1.29 is 13.2 Å². The summed E-state index contributed by atoms with van der Waals surface area (Å²) in [5.41, 5.74) is 0. The molecule has 1 saturated heterocycles. The van der Waals surface area contributed by atoms with Gasteiger partial charge in [-0.3, -0.25) is 0 Å². The quantitative estimate of drug-likeness (QED) is 0.618. The van der Waals surface area contributed by atoms with Crippen molar-refractivity contribution in [2.75, 3.05) is 5.75 Å². The molecule has 2 unspecified atom stereocenters. The Morgan fingerprint density at radius 1 is 1.50 bits per heavy atom. The van der Waals surface area contributed by atoms with Crippen molar-refractivity contribution in [1.29, 1.82) is 0 Å². The molecule has 4 heteroatoms. The molecular formula is C8H14O3S. The summed E-state index contributed by atoms with van der Waals surface area (Å²) in [4.78, 5) is 10.1. The monoisotopic (exact) mass is 190 g/mol. The summed E-state index contributed by atoms with van der Waals surface area (Å²) in [6.07, 6.45) is 2.81. The molecule has 0 aromatic carbocycles. The van der Waals surface area contributed by atoms with Gasteiger partial charge in [0.1, 0.15) is 6.29 Å². The van der Waals surface area contributed by atoms with Crippen LogP contribution in [-0.2, 0) is 14.6 Å². The zero-order chi connectivity index (χ0) is 9.19. The highest BCUT2D eigenvalue weighted by Gasteiger charge is 2.34. The van der Waals surface area contributed by atoms with Crippen molar-refractivity contribution in [2.45, 2.75) is 31.4 Å². The van der Waals surface area contributed by atoms with Gasteiger partial charge in [-0.2, -0.15) is 0 Å². The van der Waals surface area contributed by atoms with Crippen LogP contribution in [0.3, 0.4) is 0 Å². The van der Waals surface area contributed by atoms with Crippen LogP contribution >= 0.6 is 0 Å². The Balaban J connectivity index is 2.49. The van der Waals surface area contributed by atoms with Crippen molar-refractivity contribution in [2.24, 2.45) is 5.92 Å². The second kappa shape index (κ2) is 3.56. The molecule has 1 rings (SSSR count). The molecule has 0 bridgehead atoms. The molecule has 1 aliphatic rings. The Labute approximate surface area is 73.1 Å². The second-order valence-corrected chi connectivity index (χ2v) is 5.95. The van der Waals surface area contributed by atoms with Crippen molar-refractivity contribution in [3.63, 3.8) is 0 Å². The smallest absolute Gasteiger partial charge is 0.153 e. The summed E-state index contributed by atoms with van der Waals surface area (Å²) in [7, 11) is -2.82. The molecule has 0 saturated carbocycles. The maximum atomic E-state index is 11.2. The van der Waals surface area contributed by atoms with Gasteiger partial charge in [0.2, 0.25) is 0 Å². The Bertz CT molecular complexity index is 255. The molecule has 0 aromatic rings. The fourth-order valence-corrected chi connectivity index (χ4v) is 3.54. The van der Waals surface area contributed by atoms with E-state index in [0.29, 0.717) is 6.42 Å². The van der Waals surface area contributed by atoms with Gasteiger partial charge in [-0.1, -0.05) is 0 Å². The minimum Gasteiger partial charge on any atom is -0.303 e. The van der Waals surface area contributed by atoms with Crippen molar-refractivity contribution in [1.82, 2.24) is 0 Å². The van der Waals surface area contributed by atoms with E-state index in [-0.39, 0.29) is 16.9 Å². The van der Waals surface area contributed by atoms with E-state index in [9.17, 15) is 13.2 Å². The van der Waals surface area contributed by atoms with Crippen LogP contribution < -0.4 is 0 Å². The van der Waals surface area contributed by atoms with Crippen LogP contribution in [0.2, 0.25) is 0 Å². The average Bonchev–Trinajstić information content (AvgIpc) is 2.22. The van der Waals surface area contributed by atoms with E-state index >= 15 is 0 Å². The highest BCUT2D eigenvalue weighted by molar-refractivity contribution is 7.92. The first-order chi connectivity index (χ1) is 5.56. The van der Waals surface area contributed by atoms with Crippen molar-refractivity contribution in [3.8, 4) is 0 Å². The lowest BCUT2D eigenvalue weighted by Gasteiger charge is -2.02. The molecule has 0 aliphatic carbocycles. The Kier molecular flexibility index (Phi) is 2.88. The third kappa shape index (κ3) is 2.06. The van der Waals surface area contributed by atoms with Gasteiger partial charge in [0.05, 0.1) is 11.0 Å². The first kappa shape index (κ1) is 9.71. The molecule has 0 radical (unpaired) electrons. The van der Waals surface area contributed by atoms with Gasteiger partial charge in [-0.25, -0.2) is 8.42 Å². The first-order valence-electron chi connectivity index (χ1n) is 4.21. The Hall–Kier alpha value is -0.380. The highest BCUT2D eigenvalue weighted by Crippen LogP contribution is 2.28. The van der Waals surface area contributed by atoms with Crippen molar-refractivity contribution >= 4 is 16.1 Å². The molecule has 1 fully saturated rings. The maximum absolute atomic E-state index is 11.2. The van der Waals surface area contributed by atoms with E-state index in [0.717, 1.165) is 19.1 Å². The van der Waals surface area contributed by atoms with E-state index in [1.165, 1.54) is 0 Å². The summed E-state index contributed by atoms with van der Waals surface area (Å²) in [6.45, 7) is 1.75. The van der Waals surface area contributed by atoms with Crippen LogP contribution in [-0.4, -0.2) is 25.7 Å². The number of carbonyl (C=O) groups excluding carboxylic acids is 1. The summed E-state index contributed by atoms with van der Waals surface area (Å²) >= 11 is 0. The number of hydrogen-bond acceptors (Lipinski definition) is 3. The van der Waals surface area contributed by atoms with E-state index in [2.05, 4.69) is 0 Å². The molecule has 1 heterocycles. The molecule has 1 aliphatic heterocycles. The lowest BCUT2D eigenvalue weighted by molar-refractivity contribution is -0.108. The number of aldehydes is 1. The molecule has 0 spiro atoms. The molecule has 0 N–H and O–H groups in total. The fraction of sp³-hybridized carbons (Fsp3) is 0.875. The molecule has 70 valence electrons. The van der Waals surface area contributed by atoms with Gasteiger partial charge in [0.25, 0.3) is 0 Å². The van der Waals surface area contributed by atoms with Crippen LogP contribution in [0.15, 0.2) is 0 Å². The zero-order valence-electron chi connectivity index (χ0n) is 7.19. The van der Waals surface area contributed by atoms with Gasteiger partial charge < -0.3 is 4.79 Å². The van der Waals surface area contributed by atoms with Gasteiger partial charge in [0, 0.05) is 6.42 Å². The molecule has 12 heavy (non-hydrogen) atoms. The van der Waals surface area contributed by atoms with E-state index in [4.69, 9.17) is 0 Å². The van der Waals surface area contributed by atoms with Gasteiger partial charge in [-0.15, -0.1) is 0 Å². The minimum atomic E-state index is -2.82. The number of hydrogen-bond donors (Lipinski definition) is 0. The summed E-state index contributed by atoms with van der Waals surface area (Å²) in [5, 5.41) is -0.200. The number of rotatable bonds is 3. The predicted octanol–water partition coefficient (Wildman–Crippen LogP) is 0.789. The summed E-state index contributed by atoms with van der Waals surface area (Å²) in [6, 6.07) is 0. The van der Waals surface area contributed by atoms with E-state index < -0.39 is 9.84 Å². The zero-order valence-corrected chi connectivity index (χ0v) is 8.01. The predicted molar refractivity (Wildman–Crippen MR) is 46.7 cm³/mol. The second-order valence-electron chi connectivity index (χ2n) is 3.49. The summed E-state index contributed by atoms with van der Waals surface area (Å²) < 4.78 is 22.5. The van der Waals surface area contributed by atoms with Crippen LogP contribution in [0, 0.1) is 5.92 Å². The Morgan fingerprint density at radius 2 is 2.17 bits per heavy atom. The van der Waals surface area contributed by atoms with Crippen LogP contribution in [0.4, 0.5) is 0 Å². The number of carbonyl (C=O) groups is 1. The SMILES string of the molecule is CC1CC(CCC=O)CS1(=O)=O. The first-order valence-corrected chi connectivity index (χ1v) is 5.93. The number of sulfone groups is 1. The lowest BCUT2D eigenvalue weighted by atomic mass is 10.0. The largest absolute Gasteiger partial charge is 0.303 e. The van der Waals surface area contributed by atoms with Gasteiger partial charge >= 0.3 is 0 Å². The van der Waals surface area contributed by atoms with E-state index in [1.54, 1.807) is 6.92 Å². The topological polar surface area (TPSA) is 51.2 Å². The standard InChI is InChI=1S/C8H14O3S/c1-7-5-8(3-2-4-9)6-12(7,10)11/h4,7-8H,2-3,5-6H2,1H3. The fourth-order valence-electron chi connectivity index (χ4n) is 1.68. The van der Waals surface area contributed by atoms with Gasteiger partial charge in [0.15, 0.2) is 9.84 Å². The molecular weight excluding hydrogens is 176 g/mol. The minimum absolute atomic E-state index is 0.200. The van der Waals surface area contributed by atoms with Crippen LogP contribution in [0.5, 0.6) is 0 Å². The van der Waals surface area contributed by atoms with Crippen molar-refractivity contribution in [3.05, 3.63) is 0 Å². The third-order valence-corrected chi connectivity index (χ3v) is 4.79.